The summed E-state index contributed by atoms with van der Waals surface area (Å²) in [5.74, 6) is 0.235. The van der Waals surface area contributed by atoms with Gasteiger partial charge >= 0.3 is 0 Å². The first-order valence-corrected chi connectivity index (χ1v) is 8.29. The van der Waals surface area contributed by atoms with E-state index in [1.54, 1.807) is 43.5 Å². The number of aromatic nitrogens is 2. The van der Waals surface area contributed by atoms with E-state index in [0.717, 1.165) is 11.3 Å². The molecule has 0 saturated heterocycles. The van der Waals surface area contributed by atoms with E-state index in [2.05, 4.69) is 15.5 Å². The van der Waals surface area contributed by atoms with Gasteiger partial charge in [-0.3, -0.25) is 9.89 Å². The van der Waals surface area contributed by atoms with Crippen molar-refractivity contribution in [3.8, 4) is 17.0 Å². The predicted molar refractivity (Wildman–Crippen MR) is 99.0 cm³/mol. The Morgan fingerprint density at radius 3 is 2.35 bits per heavy atom. The first kappa shape index (κ1) is 17.7. The average molecular weight is 353 g/mol. The van der Waals surface area contributed by atoms with Gasteiger partial charge in [-0.25, -0.2) is 4.39 Å². The number of nitrogens with zero attached hydrogens (tertiary/aromatic N) is 1. The van der Waals surface area contributed by atoms with Crippen molar-refractivity contribution in [2.45, 2.75) is 19.8 Å². The van der Waals surface area contributed by atoms with E-state index in [4.69, 9.17) is 4.74 Å². The second-order valence-corrected chi connectivity index (χ2v) is 6.21. The maximum Gasteiger partial charge on any atom is 0.255 e. The van der Waals surface area contributed by atoms with E-state index in [0.29, 0.717) is 22.7 Å². The Kier molecular flexibility index (Phi) is 5.02. The van der Waals surface area contributed by atoms with Crippen molar-refractivity contribution in [2.24, 2.45) is 0 Å². The van der Waals surface area contributed by atoms with E-state index < -0.39 is 0 Å². The number of benzene rings is 2. The molecule has 134 valence electrons. The summed E-state index contributed by atoms with van der Waals surface area (Å²) in [5, 5.41) is 10.3. The van der Waals surface area contributed by atoms with Crippen LogP contribution in [0.15, 0.2) is 48.5 Å². The summed E-state index contributed by atoms with van der Waals surface area (Å²) in [6.45, 7) is 4.01. The number of amides is 1. The molecule has 26 heavy (non-hydrogen) atoms. The molecule has 3 aromatic rings. The minimum absolute atomic E-state index is 0.128. The first-order valence-electron chi connectivity index (χ1n) is 8.29. The predicted octanol–water partition coefficient (Wildman–Crippen LogP) is 4.60. The third-order valence-electron chi connectivity index (χ3n) is 4.08. The largest absolute Gasteiger partial charge is 0.497 e. The van der Waals surface area contributed by atoms with E-state index in [-0.39, 0.29) is 17.6 Å². The van der Waals surface area contributed by atoms with Crippen LogP contribution in [0, 0.1) is 5.82 Å². The Morgan fingerprint density at radius 1 is 1.12 bits per heavy atom. The van der Waals surface area contributed by atoms with Gasteiger partial charge in [0, 0.05) is 11.1 Å². The average Bonchev–Trinajstić information content (AvgIpc) is 3.06. The minimum Gasteiger partial charge on any atom is -0.497 e. The fourth-order valence-corrected chi connectivity index (χ4v) is 2.64. The topological polar surface area (TPSA) is 67.0 Å². The zero-order valence-electron chi connectivity index (χ0n) is 14.8. The molecule has 2 N–H and O–H groups in total. The molecule has 0 atom stereocenters. The lowest BCUT2D eigenvalue weighted by Gasteiger charge is -2.11. The Morgan fingerprint density at radius 2 is 1.77 bits per heavy atom. The Bertz CT molecular complexity index is 900. The van der Waals surface area contributed by atoms with Crippen molar-refractivity contribution in [3.63, 3.8) is 0 Å². The molecule has 3 rings (SSSR count). The monoisotopic (exact) mass is 353 g/mol. The number of rotatable bonds is 5. The molecule has 2 aromatic carbocycles. The molecule has 0 fully saturated rings. The number of aromatic amines is 1. The molecular weight excluding hydrogens is 333 g/mol. The summed E-state index contributed by atoms with van der Waals surface area (Å²) >= 11 is 0. The molecule has 0 bridgehead atoms. The number of H-pyrrole nitrogens is 1. The highest BCUT2D eigenvalue weighted by Gasteiger charge is 2.20. The van der Waals surface area contributed by atoms with Gasteiger partial charge in [-0.15, -0.1) is 0 Å². The van der Waals surface area contributed by atoms with Crippen LogP contribution in [-0.4, -0.2) is 23.2 Å². The second kappa shape index (κ2) is 7.39. The lowest BCUT2D eigenvalue weighted by Crippen LogP contribution is -2.13. The molecule has 0 aliphatic rings. The fraction of sp³-hybridized carbons (Fsp3) is 0.200. The lowest BCUT2D eigenvalue weighted by molar-refractivity contribution is 0.102. The zero-order chi connectivity index (χ0) is 18.7. The van der Waals surface area contributed by atoms with E-state index in [9.17, 15) is 9.18 Å². The van der Waals surface area contributed by atoms with Crippen LogP contribution in [0.5, 0.6) is 5.75 Å². The molecule has 6 heteroatoms. The number of ether oxygens (including phenoxy) is 1. The number of anilines is 1. The number of nitrogens with one attached hydrogen (secondary N) is 2. The first-order chi connectivity index (χ1) is 12.5. The number of carbonyl (C=O) groups is 1. The molecule has 0 spiro atoms. The van der Waals surface area contributed by atoms with E-state index in [1.807, 2.05) is 13.8 Å². The van der Waals surface area contributed by atoms with Gasteiger partial charge in [0.05, 0.1) is 18.5 Å². The highest BCUT2D eigenvalue weighted by atomic mass is 19.1. The summed E-state index contributed by atoms with van der Waals surface area (Å²) < 4.78 is 18.3. The van der Waals surface area contributed by atoms with Crippen LogP contribution in [0.3, 0.4) is 0 Å². The highest BCUT2D eigenvalue weighted by Crippen LogP contribution is 2.33. The van der Waals surface area contributed by atoms with Crippen LogP contribution in [0.25, 0.3) is 11.3 Å². The van der Waals surface area contributed by atoms with Gasteiger partial charge in [-0.05, 0) is 54.4 Å². The molecular formula is C20H20FN3O2. The van der Waals surface area contributed by atoms with Gasteiger partial charge in [0.15, 0.2) is 0 Å². The Labute approximate surface area is 151 Å². The van der Waals surface area contributed by atoms with Crippen molar-refractivity contribution < 1.29 is 13.9 Å². The van der Waals surface area contributed by atoms with Crippen LogP contribution in [0.2, 0.25) is 0 Å². The molecule has 0 saturated carbocycles. The maximum absolute atomic E-state index is 13.2. The summed E-state index contributed by atoms with van der Waals surface area (Å²) in [5.41, 5.74) is 3.22. The fourth-order valence-electron chi connectivity index (χ4n) is 2.64. The lowest BCUT2D eigenvalue weighted by atomic mass is 10.0. The van der Waals surface area contributed by atoms with Gasteiger partial charge in [0.1, 0.15) is 17.3 Å². The van der Waals surface area contributed by atoms with Gasteiger partial charge in [-0.2, -0.15) is 5.10 Å². The van der Waals surface area contributed by atoms with Crippen molar-refractivity contribution in [3.05, 3.63) is 65.6 Å². The van der Waals surface area contributed by atoms with E-state index in [1.165, 1.54) is 12.1 Å². The molecule has 1 heterocycles. The Hall–Kier alpha value is -3.15. The molecule has 0 aliphatic heterocycles. The van der Waals surface area contributed by atoms with E-state index >= 15 is 0 Å². The molecule has 1 amide bonds. The van der Waals surface area contributed by atoms with Crippen LogP contribution in [0.1, 0.15) is 35.8 Å². The standard InChI is InChI=1S/C20H20FN3O2/c1-12(2)17-19(18(24-23-17)13-4-8-15(21)9-5-13)22-20(25)14-6-10-16(26-3)11-7-14/h4-12H,1-3H3,(H,22,25)(H,23,24). The Balaban J connectivity index is 1.95. The third-order valence-corrected chi connectivity index (χ3v) is 4.08. The van der Waals surface area contributed by atoms with Crippen molar-refractivity contribution >= 4 is 11.6 Å². The number of hydrogen-bond donors (Lipinski definition) is 2. The SMILES string of the molecule is COc1ccc(C(=O)Nc2c(-c3ccc(F)cc3)n[nH]c2C(C)C)cc1. The maximum atomic E-state index is 13.2. The summed E-state index contributed by atoms with van der Waals surface area (Å²) in [6, 6.07) is 12.9. The minimum atomic E-state index is -0.322. The van der Waals surface area contributed by atoms with Crippen LogP contribution in [-0.2, 0) is 0 Å². The number of methoxy groups -OCH3 is 1. The third kappa shape index (κ3) is 3.59. The van der Waals surface area contributed by atoms with Gasteiger partial charge in [-0.1, -0.05) is 13.8 Å². The van der Waals surface area contributed by atoms with Crippen molar-refractivity contribution in [1.82, 2.24) is 10.2 Å². The van der Waals surface area contributed by atoms with Crippen molar-refractivity contribution in [2.75, 3.05) is 12.4 Å². The van der Waals surface area contributed by atoms with Crippen molar-refractivity contribution in [1.29, 1.82) is 0 Å². The van der Waals surface area contributed by atoms with Gasteiger partial charge < -0.3 is 10.1 Å². The summed E-state index contributed by atoms with van der Waals surface area (Å²) in [7, 11) is 1.57. The molecule has 5 nitrogen and oxygen atoms in total. The summed E-state index contributed by atoms with van der Waals surface area (Å²) in [6.07, 6.45) is 0. The smallest absolute Gasteiger partial charge is 0.255 e. The molecule has 0 unspecified atom stereocenters. The zero-order valence-corrected chi connectivity index (χ0v) is 14.8. The number of halogens is 1. The summed E-state index contributed by atoms with van der Waals surface area (Å²) in [4.78, 5) is 12.7. The quantitative estimate of drug-likeness (QED) is 0.704. The van der Waals surface area contributed by atoms with Crippen LogP contribution >= 0.6 is 0 Å². The molecule has 1 aromatic heterocycles. The highest BCUT2D eigenvalue weighted by molar-refractivity contribution is 6.06. The van der Waals surface area contributed by atoms with Crippen LogP contribution in [0.4, 0.5) is 10.1 Å². The number of hydrogen-bond acceptors (Lipinski definition) is 3. The molecule has 0 aliphatic carbocycles. The normalized spacial score (nSPS) is 10.8. The van der Waals surface area contributed by atoms with Gasteiger partial charge in [0.25, 0.3) is 5.91 Å². The number of carbonyl (C=O) groups excluding carboxylic acids is 1. The molecule has 0 radical (unpaired) electrons. The second-order valence-electron chi connectivity index (χ2n) is 6.21. The van der Waals surface area contributed by atoms with Gasteiger partial charge in [0.2, 0.25) is 0 Å². The van der Waals surface area contributed by atoms with Crippen LogP contribution < -0.4 is 10.1 Å².